The van der Waals surface area contributed by atoms with Gasteiger partial charge in [0.25, 0.3) is 0 Å². The molecule has 41 heavy (non-hydrogen) atoms. The van der Waals surface area contributed by atoms with Crippen LogP contribution in [0.15, 0.2) is 30.3 Å². The van der Waals surface area contributed by atoms with Crippen LogP contribution >= 0.6 is 0 Å². The number of hydrogen-bond acceptors (Lipinski definition) is 9. The fraction of sp³-hybridized carbons (Fsp3) is 0.700. The van der Waals surface area contributed by atoms with Crippen LogP contribution in [0.2, 0.25) is 0 Å². The van der Waals surface area contributed by atoms with Crippen molar-refractivity contribution in [3.63, 3.8) is 0 Å². The molecule has 0 radical (unpaired) electrons. The summed E-state index contributed by atoms with van der Waals surface area (Å²) in [6, 6.07) is 9.33. The highest BCUT2D eigenvalue weighted by molar-refractivity contribution is 5.81. The van der Waals surface area contributed by atoms with Crippen LogP contribution < -0.4 is 17.0 Å². The number of hydrogen-bond donors (Lipinski definition) is 1. The van der Waals surface area contributed by atoms with Crippen molar-refractivity contribution in [2.45, 2.75) is 63.1 Å². The number of likely N-dealkylation sites (N-methyl/N-ethyl adjacent to an activating group) is 1. The molecule has 4 bridgehead atoms. The maximum atomic E-state index is 12.9. The van der Waals surface area contributed by atoms with Gasteiger partial charge in [0.05, 0.1) is 60.7 Å². The zero-order valence-electron chi connectivity index (χ0n) is 24.7. The third-order valence-electron chi connectivity index (χ3n) is 8.54. The number of nitrogens with zero attached hydrogens (tertiary/aromatic N) is 5. The molecule has 11 heteroatoms. The molecule has 2 atom stereocenters. The molecule has 1 saturated carbocycles. The number of benzene rings is 1. The second kappa shape index (κ2) is 15.7. The average molecular weight is 639 g/mol. The predicted octanol–water partition coefficient (Wildman–Crippen LogP) is -1.00. The highest BCUT2D eigenvalue weighted by Crippen LogP contribution is 2.42. The number of ether oxygens (including phenoxy) is 1. The number of carbonyl (C=O) groups is 3. The third kappa shape index (κ3) is 9.13. The van der Waals surface area contributed by atoms with Gasteiger partial charge in [0.2, 0.25) is 0 Å². The lowest BCUT2D eigenvalue weighted by Gasteiger charge is -2.56. The van der Waals surface area contributed by atoms with Gasteiger partial charge in [-0.05, 0) is 24.8 Å². The minimum atomic E-state index is -1.50. The second-order valence-corrected chi connectivity index (χ2v) is 12.6. The molecule has 1 N–H and O–H groups in total. The van der Waals surface area contributed by atoms with E-state index in [-0.39, 0.29) is 29.0 Å². The van der Waals surface area contributed by atoms with Crippen LogP contribution in [0.5, 0.6) is 0 Å². The quantitative estimate of drug-likeness (QED) is 0.167. The minimum Gasteiger partial charge on any atom is -1.00 e. The van der Waals surface area contributed by atoms with Gasteiger partial charge in [0, 0.05) is 25.2 Å². The SMILES string of the molecule is C1N2CN3CN1CN(C2)C3.C[N+]1(C)CCC(OC(=O)C(O)(c2ccccc2)C2CCCC2)C1.O=CCCCC=O.[Br-]. The first-order valence-electron chi connectivity index (χ1n) is 14.8. The van der Waals surface area contributed by atoms with Gasteiger partial charge in [-0.1, -0.05) is 43.2 Å². The highest BCUT2D eigenvalue weighted by atomic mass is 79.9. The molecule has 5 saturated heterocycles. The summed E-state index contributed by atoms with van der Waals surface area (Å²) in [5.41, 5.74) is -0.832. The fourth-order valence-electron chi connectivity index (χ4n) is 6.64. The number of quaternary nitrogens is 1. The number of unbranched alkanes of at least 4 members (excludes halogenated alkanes) is 2. The van der Waals surface area contributed by atoms with Crippen molar-refractivity contribution in [2.24, 2.45) is 5.92 Å². The van der Waals surface area contributed by atoms with Gasteiger partial charge in [0.15, 0.2) is 11.7 Å². The lowest BCUT2D eigenvalue weighted by molar-refractivity contribution is -0.879. The minimum absolute atomic E-state index is 0. The van der Waals surface area contributed by atoms with Crippen LogP contribution in [0.3, 0.4) is 0 Å². The first-order valence-corrected chi connectivity index (χ1v) is 14.8. The zero-order chi connectivity index (χ0) is 28.6. The van der Waals surface area contributed by atoms with E-state index in [1.165, 1.54) is 40.0 Å². The Kier molecular flexibility index (Phi) is 12.9. The third-order valence-corrected chi connectivity index (χ3v) is 8.54. The summed E-state index contributed by atoms with van der Waals surface area (Å²) in [5.74, 6) is -0.496. The fourth-order valence-corrected chi connectivity index (χ4v) is 6.64. The van der Waals surface area contributed by atoms with Crippen molar-refractivity contribution in [1.82, 2.24) is 19.6 Å². The summed E-state index contributed by atoms with van der Waals surface area (Å²) in [7, 11) is 4.29. The van der Waals surface area contributed by atoms with Gasteiger partial charge in [0.1, 0.15) is 19.1 Å². The Morgan fingerprint density at radius 1 is 0.902 bits per heavy atom. The normalized spacial score (nSPS) is 30.5. The van der Waals surface area contributed by atoms with Crippen molar-refractivity contribution in [3.05, 3.63) is 35.9 Å². The molecule has 6 fully saturated rings. The van der Waals surface area contributed by atoms with E-state index in [1.807, 2.05) is 30.3 Å². The van der Waals surface area contributed by atoms with Crippen LogP contribution in [0.4, 0.5) is 0 Å². The monoisotopic (exact) mass is 637 g/mol. The lowest BCUT2D eigenvalue weighted by atomic mass is 9.80. The summed E-state index contributed by atoms with van der Waals surface area (Å²) in [6.45, 7) is 8.95. The summed E-state index contributed by atoms with van der Waals surface area (Å²) in [4.78, 5) is 41.9. The van der Waals surface area contributed by atoms with E-state index in [0.29, 0.717) is 24.8 Å². The highest BCUT2D eigenvalue weighted by Gasteiger charge is 2.49. The summed E-state index contributed by atoms with van der Waals surface area (Å²) in [5, 5.41) is 11.4. The Morgan fingerprint density at radius 2 is 1.39 bits per heavy atom. The lowest BCUT2D eigenvalue weighted by Crippen LogP contribution is -3.00. The molecule has 1 aliphatic carbocycles. The summed E-state index contributed by atoms with van der Waals surface area (Å²) < 4.78 is 6.64. The second-order valence-electron chi connectivity index (χ2n) is 12.6. The van der Waals surface area contributed by atoms with Gasteiger partial charge in [-0.25, -0.2) is 4.79 Å². The van der Waals surface area contributed by atoms with Gasteiger partial charge in [-0.15, -0.1) is 0 Å². The summed E-state index contributed by atoms with van der Waals surface area (Å²) >= 11 is 0. The number of likely N-dealkylation sites (tertiary alicyclic amines) is 1. The molecule has 0 spiro atoms. The van der Waals surface area contributed by atoms with Crippen LogP contribution in [-0.4, -0.2) is 121 Å². The van der Waals surface area contributed by atoms with E-state index in [9.17, 15) is 19.5 Å². The van der Waals surface area contributed by atoms with Crippen LogP contribution in [-0.2, 0) is 24.7 Å². The average Bonchev–Trinajstić information content (AvgIpc) is 3.59. The number of rotatable bonds is 8. The van der Waals surface area contributed by atoms with Gasteiger partial charge in [-0.3, -0.25) is 19.6 Å². The van der Waals surface area contributed by atoms with E-state index in [1.54, 1.807) is 0 Å². The zero-order valence-corrected chi connectivity index (χ0v) is 26.3. The molecule has 10 nitrogen and oxygen atoms in total. The maximum absolute atomic E-state index is 12.9. The number of halogens is 1. The topological polar surface area (TPSA) is 93.6 Å². The molecular weight excluding hydrogens is 590 g/mol. The number of aliphatic hydroxyl groups is 1. The van der Waals surface area contributed by atoms with Crippen molar-refractivity contribution >= 4 is 18.5 Å². The van der Waals surface area contributed by atoms with Gasteiger partial charge < -0.3 is 40.9 Å². The molecule has 5 heterocycles. The summed E-state index contributed by atoms with van der Waals surface area (Å²) in [6.07, 6.45) is 8.06. The maximum Gasteiger partial charge on any atom is 0.343 e. The van der Waals surface area contributed by atoms with Crippen molar-refractivity contribution in [3.8, 4) is 0 Å². The Hall–Kier alpha value is -1.73. The Balaban J connectivity index is 0.000000210. The van der Waals surface area contributed by atoms with Crippen molar-refractivity contribution in [1.29, 1.82) is 0 Å². The number of aldehydes is 2. The number of carbonyl (C=O) groups excluding carboxylic acids is 3. The standard InChI is InChI=1S/C19H28NO3.C6H12N4.C5H8O2.BrH/c1-20(2)13-12-17(14-20)23-18(21)19(22,16-10-6-7-11-16)15-8-4-3-5-9-15;1-7-2-9-4-8(1)5-10(3-7)6-9;6-4-2-1-3-5-7;/h3-5,8-9,16-17,22H,6-7,10-14H2,1-2H3;1-6H2;4-5H,1-3H2;1H/q+1;;;/p-1. The first kappa shape index (κ1) is 33.8. The van der Waals surface area contributed by atoms with Gasteiger partial charge >= 0.3 is 5.97 Å². The Morgan fingerprint density at radius 3 is 1.80 bits per heavy atom. The molecule has 7 rings (SSSR count). The van der Waals surface area contributed by atoms with E-state index in [0.717, 1.165) is 62.2 Å². The molecule has 0 amide bonds. The Bertz CT molecular complexity index is 913. The van der Waals surface area contributed by atoms with E-state index in [2.05, 4.69) is 33.7 Å². The first-order chi connectivity index (χ1) is 19.2. The smallest absolute Gasteiger partial charge is 0.343 e. The molecule has 230 valence electrons. The van der Waals surface area contributed by atoms with Gasteiger partial charge in [-0.2, -0.15) is 0 Å². The molecular formula is C30H48BrN5O5. The van der Waals surface area contributed by atoms with Crippen molar-refractivity contribution < 1.29 is 45.7 Å². The van der Waals surface area contributed by atoms with Crippen LogP contribution in [0, 0.1) is 5.92 Å². The molecule has 6 aliphatic rings. The molecule has 1 aromatic rings. The number of esters is 1. The van der Waals surface area contributed by atoms with Crippen LogP contribution in [0.1, 0.15) is 56.9 Å². The molecule has 1 aromatic carbocycles. The molecule has 0 aromatic heterocycles. The van der Waals surface area contributed by atoms with Crippen LogP contribution in [0.25, 0.3) is 0 Å². The largest absolute Gasteiger partial charge is 1.00 e. The Labute approximate surface area is 255 Å². The molecule has 2 unspecified atom stereocenters. The molecule has 5 aliphatic heterocycles. The van der Waals surface area contributed by atoms with E-state index in [4.69, 9.17) is 4.74 Å². The van der Waals surface area contributed by atoms with E-state index < -0.39 is 11.6 Å². The van der Waals surface area contributed by atoms with E-state index >= 15 is 0 Å². The van der Waals surface area contributed by atoms with Crippen molar-refractivity contribution in [2.75, 3.05) is 67.2 Å². The predicted molar refractivity (Wildman–Crippen MR) is 151 cm³/mol.